The third-order valence-corrected chi connectivity index (χ3v) is 5.73. The summed E-state index contributed by atoms with van der Waals surface area (Å²) < 4.78 is 0. The molecule has 3 heteroatoms. The molecule has 0 fully saturated rings. The molecule has 1 N–H and O–H groups in total. The summed E-state index contributed by atoms with van der Waals surface area (Å²) in [4.78, 5) is 24.2. The van der Waals surface area contributed by atoms with E-state index in [1.54, 1.807) is 13.8 Å². The van der Waals surface area contributed by atoms with Gasteiger partial charge in [-0.2, -0.15) is 0 Å². The van der Waals surface area contributed by atoms with Crippen LogP contribution < -0.4 is 0 Å². The Balaban J connectivity index is 2.31. The van der Waals surface area contributed by atoms with Gasteiger partial charge in [0, 0.05) is 16.7 Å². The molecule has 0 saturated heterocycles. The summed E-state index contributed by atoms with van der Waals surface area (Å²) in [5.41, 5.74) is 5.76. The Kier molecular flexibility index (Phi) is 11.6. The Bertz CT molecular complexity index is 768. The molecule has 1 unspecified atom stereocenters. The number of hydrogen-bond donors (Lipinski definition) is 1. The largest absolute Gasteiger partial charge is 0.393 e. The number of ketones is 2. The second kappa shape index (κ2) is 13.3. The lowest BCUT2D eigenvalue weighted by atomic mass is 9.88. The van der Waals surface area contributed by atoms with Crippen LogP contribution in [-0.4, -0.2) is 22.8 Å². The molecule has 3 nitrogen and oxygen atoms in total. The number of allylic oxidation sites excluding steroid dienone is 10. The molecule has 0 aromatic carbocycles. The maximum atomic E-state index is 12.3. The molecule has 0 amide bonds. The number of aliphatic hydroxyl groups excluding tert-OH is 1. The van der Waals surface area contributed by atoms with Crippen molar-refractivity contribution in [2.75, 3.05) is 0 Å². The number of aliphatic hydroxyl groups is 1. The van der Waals surface area contributed by atoms with Crippen LogP contribution in [0.3, 0.4) is 0 Å². The van der Waals surface area contributed by atoms with Gasteiger partial charge in [-0.1, -0.05) is 34.9 Å². The fraction of sp³-hybridized carbons (Fsp3) is 0.556. The second-order valence-corrected chi connectivity index (χ2v) is 8.84. The summed E-state index contributed by atoms with van der Waals surface area (Å²) in [6.45, 7) is 12.0. The standard InChI is InChI=1S/C27H40O3/c1-19(2)10-7-11-20(3)12-8-13-21(4)14-9-15-25(28)17-16-24-18-26(29)22(5)23(6)27(24)30/h10,12,14,18,25,28H,7-9,11,13,15-17H2,1-6H3/b20-12+,21-14+. The zero-order valence-corrected chi connectivity index (χ0v) is 19.8. The molecule has 1 rings (SSSR count). The number of carbonyl (C=O) groups excluding carboxylic acids is 2. The van der Waals surface area contributed by atoms with E-state index in [1.807, 2.05) is 0 Å². The zero-order valence-electron chi connectivity index (χ0n) is 19.8. The third kappa shape index (κ3) is 9.67. The van der Waals surface area contributed by atoms with Crippen molar-refractivity contribution in [2.45, 2.75) is 99.0 Å². The van der Waals surface area contributed by atoms with Crippen molar-refractivity contribution in [3.05, 3.63) is 57.7 Å². The van der Waals surface area contributed by atoms with E-state index in [-0.39, 0.29) is 11.6 Å². The Hall–Kier alpha value is -2.00. The monoisotopic (exact) mass is 412 g/mol. The lowest BCUT2D eigenvalue weighted by Crippen LogP contribution is -2.18. The highest BCUT2D eigenvalue weighted by Gasteiger charge is 2.23. The maximum Gasteiger partial charge on any atom is 0.185 e. The van der Waals surface area contributed by atoms with Gasteiger partial charge in [-0.25, -0.2) is 0 Å². The normalized spacial score (nSPS) is 16.7. The molecule has 0 aromatic heterocycles. The first-order valence-electron chi connectivity index (χ1n) is 11.2. The van der Waals surface area contributed by atoms with Gasteiger partial charge in [0.05, 0.1) is 6.10 Å². The molecule has 1 aliphatic carbocycles. The van der Waals surface area contributed by atoms with Gasteiger partial charge in [0.25, 0.3) is 0 Å². The highest BCUT2D eigenvalue weighted by Crippen LogP contribution is 2.23. The molecule has 0 spiro atoms. The van der Waals surface area contributed by atoms with Gasteiger partial charge >= 0.3 is 0 Å². The minimum absolute atomic E-state index is 0.0563. The van der Waals surface area contributed by atoms with E-state index in [0.717, 1.165) is 32.1 Å². The van der Waals surface area contributed by atoms with Crippen LogP contribution in [0.25, 0.3) is 0 Å². The summed E-state index contributed by atoms with van der Waals surface area (Å²) >= 11 is 0. The first-order chi connectivity index (χ1) is 14.1. The van der Waals surface area contributed by atoms with Crippen LogP contribution in [0.5, 0.6) is 0 Å². The summed E-state index contributed by atoms with van der Waals surface area (Å²) in [6, 6.07) is 0. The van der Waals surface area contributed by atoms with Crippen molar-refractivity contribution in [3.8, 4) is 0 Å². The zero-order chi connectivity index (χ0) is 22.7. The smallest absolute Gasteiger partial charge is 0.185 e. The number of hydrogen-bond acceptors (Lipinski definition) is 3. The molecular formula is C27H40O3. The molecule has 166 valence electrons. The van der Waals surface area contributed by atoms with E-state index >= 15 is 0 Å². The van der Waals surface area contributed by atoms with Crippen molar-refractivity contribution in [1.29, 1.82) is 0 Å². The molecule has 0 aromatic rings. The third-order valence-electron chi connectivity index (χ3n) is 5.73. The van der Waals surface area contributed by atoms with Crippen molar-refractivity contribution in [1.82, 2.24) is 0 Å². The summed E-state index contributed by atoms with van der Waals surface area (Å²) in [5, 5.41) is 10.3. The molecule has 1 aliphatic rings. The van der Waals surface area contributed by atoms with E-state index < -0.39 is 6.10 Å². The van der Waals surface area contributed by atoms with Gasteiger partial charge in [-0.3, -0.25) is 9.59 Å². The maximum absolute atomic E-state index is 12.3. The van der Waals surface area contributed by atoms with Crippen LogP contribution in [0, 0.1) is 0 Å². The van der Waals surface area contributed by atoms with Crippen LogP contribution in [0.15, 0.2) is 57.7 Å². The molecular weight excluding hydrogens is 372 g/mol. The lowest BCUT2D eigenvalue weighted by Gasteiger charge is -2.16. The van der Waals surface area contributed by atoms with Crippen molar-refractivity contribution in [2.24, 2.45) is 0 Å². The van der Waals surface area contributed by atoms with Gasteiger partial charge in [-0.15, -0.1) is 0 Å². The van der Waals surface area contributed by atoms with Crippen LogP contribution >= 0.6 is 0 Å². The fourth-order valence-corrected chi connectivity index (χ4v) is 3.44. The molecule has 30 heavy (non-hydrogen) atoms. The predicted molar refractivity (Wildman–Crippen MR) is 126 cm³/mol. The molecule has 0 radical (unpaired) electrons. The van der Waals surface area contributed by atoms with Gasteiger partial charge in [0.1, 0.15) is 0 Å². The average Bonchev–Trinajstić information content (AvgIpc) is 2.67. The molecule has 0 heterocycles. The number of carbonyl (C=O) groups is 2. The quantitative estimate of drug-likeness (QED) is 0.285. The Labute approximate surface area is 183 Å². The van der Waals surface area contributed by atoms with Crippen LogP contribution in [-0.2, 0) is 9.59 Å². The lowest BCUT2D eigenvalue weighted by molar-refractivity contribution is -0.116. The van der Waals surface area contributed by atoms with E-state index in [0.29, 0.717) is 36.0 Å². The molecule has 0 saturated carbocycles. The minimum atomic E-state index is -0.456. The molecule has 0 aliphatic heterocycles. The van der Waals surface area contributed by atoms with E-state index in [4.69, 9.17) is 0 Å². The Morgan fingerprint density at radius 3 is 2.03 bits per heavy atom. The molecule has 0 bridgehead atoms. The van der Waals surface area contributed by atoms with Gasteiger partial charge in [0.15, 0.2) is 11.6 Å². The van der Waals surface area contributed by atoms with Crippen molar-refractivity contribution in [3.63, 3.8) is 0 Å². The topological polar surface area (TPSA) is 54.4 Å². The minimum Gasteiger partial charge on any atom is -0.393 e. The van der Waals surface area contributed by atoms with E-state index in [1.165, 1.54) is 22.8 Å². The van der Waals surface area contributed by atoms with Gasteiger partial charge < -0.3 is 5.11 Å². The molecule has 1 atom stereocenters. The van der Waals surface area contributed by atoms with Crippen molar-refractivity contribution >= 4 is 11.6 Å². The first-order valence-corrected chi connectivity index (χ1v) is 11.2. The van der Waals surface area contributed by atoms with Crippen LogP contribution in [0.1, 0.15) is 92.9 Å². The van der Waals surface area contributed by atoms with Gasteiger partial charge in [0.2, 0.25) is 0 Å². The fourth-order valence-electron chi connectivity index (χ4n) is 3.44. The Morgan fingerprint density at radius 2 is 1.43 bits per heavy atom. The van der Waals surface area contributed by atoms with Gasteiger partial charge in [-0.05, 0) is 99.0 Å². The average molecular weight is 413 g/mol. The van der Waals surface area contributed by atoms with E-state index in [2.05, 4.69) is 45.9 Å². The highest BCUT2D eigenvalue weighted by atomic mass is 16.3. The second-order valence-electron chi connectivity index (χ2n) is 8.84. The highest BCUT2D eigenvalue weighted by molar-refractivity contribution is 6.22. The Morgan fingerprint density at radius 1 is 0.867 bits per heavy atom. The first kappa shape index (κ1) is 26.0. The summed E-state index contributed by atoms with van der Waals surface area (Å²) in [7, 11) is 0. The summed E-state index contributed by atoms with van der Waals surface area (Å²) in [6.07, 6.45) is 14.6. The van der Waals surface area contributed by atoms with Crippen LogP contribution in [0.2, 0.25) is 0 Å². The van der Waals surface area contributed by atoms with E-state index in [9.17, 15) is 14.7 Å². The predicted octanol–water partition coefficient (Wildman–Crippen LogP) is 6.74. The number of Topliss-reactive ketones (excluding diaryl/α,β-unsaturated/α-hetero) is 1. The van der Waals surface area contributed by atoms with Crippen LogP contribution in [0.4, 0.5) is 0 Å². The SMILES string of the molecule is CC(C)=CCC/C(C)=C/CC/C(C)=C/CCC(O)CCC1=CC(=O)C(C)=C(C)C1=O. The summed E-state index contributed by atoms with van der Waals surface area (Å²) in [5.74, 6) is -0.143. The van der Waals surface area contributed by atoms with Crippen molar-refractivity contribution < 1.29 is 14.7 Å². The number of rotatable bonds is 12.